The van der Waals surface area contributed by atoms with Gasteiger partial charge < -0.3 is 5.11 Å². The van der Waals surface area contributed by atoms with Gasteiger partial charge in [0.05, 0.1) is 0 Å². The molecular weight excluding hydrogens is 192 g/mol. The topological polar surface area (TPSA) is 20.2 Å². The molecule has 2 heteroatoms. The number of unbranched alkanes of at least 4 members (excludes halogenated alkanes) is 5. The average molecular weight is 211 g/mol. The predicted molar refractivity (Wildman–Crippen MR) is 50.8 cm³/mol. The first kappa shape index (κ1) is 13.1. The van der Waals surface area contributed by atoms with Crippen LogP contribution < -0.4 is 0 Å². The van der Waals surface area contributed by atoms with Crippen LogP contribution >= 0.6 is 17.0 Å². The summed E-state index contributed by atoms with van der Waals surface area (Å²) in [6.07, 6.45) is 7.50. The molecule has 0 spiro atoms. The highest BCUT2D eigenvalue weighted by atomic mass is 79.9. The van der Waals surface area contributed by atoms with E-state index in [1.54, 1.807) is 0 Å². The maximum atomic E-state index is 8.42. The predicted octanol–water partition coefficient (Wildman–Crippen LogP) is 2.92. The van der Waals surface area contributed by atoms with Crippen molar-refractivity contribution in [2.75, 3.05) is 6.61 Å². The third kappa shape index (κ3) is 11.3. The second-order valence-corrected chi connectivity index (χ2v) is 2.49. The Morgan fingerprint density at radius 3 is 1.90 bits per heavy atom. The van der Waals surface area contributed by atoms with Gasteiger partial charge in [0.25, 0.3) is 0 Å². The quantitative estimate of drug-likeness (QED) is 0.669. The van der Waals surface area contributed by atoms with Crippen LogP contribution in [0, 0.1) is 0 Å². The zero-order valence-electron chi connectivity index (χ0n) is 6.81. The minimum atomic E-state index is 0. The highest BCUT2D eigenvalue weighted by molar-refractivity contribution is 8.93. The Morgan fingerprint density at radius 1 is 0.900 bits per heavy atom. The van der Waals surface area contributed by atoms with E-state index in [1.807, 2.05) is 0 Å². The summed E-state index contributed by atoms with van der Waals surface area (Å²) in [6, 6.07) is 0. The van der Waals surface area contributed by atoms with Crippen LogP contribution in [0.2, 0.25) is 0 Å². The Balaban J connectivity index is 0. The average Bonchev–Trinajstić information content (AvgIpc) is 1.89. The molecule has 0 bridgehead atoms. The lowest BCUT2D eigenvalue weighted by atomic mass is 10.1. The van der Waals surface area contributed by atoms with Gasteiger partial charge in [-0.05, 0) is 6.42 Å². The van der Waals surface area contributed by atoms with Crippen LogP contribution in [0.1, 0.15) is 45.4 Å². The number of aliphatic hydroxyl groups is 1. The Bertz CT molecular complexity index is 42.5. The van der Waals surface area contributed by atoms with Gasteiger partial charge in [0.1, 0.15) is 0 Å². The maximum Gasteiger partial charge on any atom is 0.0431 e. The van der Waals surface area contributed by atoms with E-state index in [2.05, 4.69) is 6.92 Å². The number of hydrogen-bond donors (Lipinski definition) is 1. The molecule has 0 radical (unpaired) electrons. The third-order valence-electron chi connectivity index (χ3n) is 1.51. The molecule has 0 atom stereocenters. The number of halogens is 1. The molecule has 0 rings (SSSR count). The van der Waals surface area contributed by atoms with Gasteiger partial charge in [-0.1, -0.05) is 39.0 Å². The van der Waals surface area contributed by atoms with E-state index in [9.17, 15) is 0 Å². The molecule has 0 aromatic heterocycles. The monoisotopic (exact) mass is 210 g/mol. The lowest BCUT2D eigenvalue weighted by molar-refractivity contribution is 0.282. The molecule has 0 aromatic carbocycles. The van der Waals surface area contributed by atoms with Crippen molar-refractivity contribution in [3.8, 4) is 0 Å². The Hall–Kier alpha value is 0.440. The van der Waals surface area contributed by atoms with Gasteiger partial charge >= 0.3 is 0 Å². The molecule has 0 saturated carbocycles. The van der Waals surface area contributed by atoms with E-state index in [0.717, 1.165) is 6.42 Å². The fourth-order valence-corrected chi connectivity index (χ4v) is 0.892. The summed E-state index contributed by atoms with van der Waals surface area (Å²) in [4.78, 5) is 0. The SMILES string of the molecule is Br.CCCCCCCCO. The number of rotatable bonds is 6. The molecule has 1 N–H and O–H groups in total. The molecule has 1 nitrogen and oxygen atoms in total. The Kier molecular flexibility index (Phi) is 15.9. The van der Waals surface area contributed by atoms with Crippen molar-refractivity contribution in [2.24, 2.45) is 0 Å². The molecule has 0 fully saturated rings. The molecule has 0 aromatic rings. The fraction of sp³-hybridized carbons (Fsp3) is 1.00. The maximum absolute atomic E-state index is 8.42. The summed E-state index contributed by atoms with van der Waals surface area (Å²) in [7, 11) is 0. The van der Waals surface area contributed by atoms with Gasteiger partial charge in [-0.25, -0.2) is 0 Å². The van der Waals surface area contributed by atoms with Gasteiger partial charge in [-0.2, -0.15) is 0 Å². The second kappa shape index (κ2) is 12.1. The van der Waals surface area contributed by atoms with E-state index in [4.69, 9.17) is 5.11 Å². The van der Waals surface area contributed by atoms with Crippen LogP contribution in [0.25, 0.3) is 0 Å². The molecule has 64 valence electrons. The number of aliphatic hydroxyl groups excluding tert-OH is 1. The van der Waals surface area contributed by atoms with Crippen molar-refractivity contribution in [2.45, 2.75) is 45.4 Å². The Labute approximate surface area is 74.6 Å². The zero-order valence-corrected chi connectivity index (χ0v) is 8.52. The minimum Gasteiger partial charge on any atom is -0.396 e. The van der Waals surface area contributed by atoms with Crippen LogP contribution in [-0.2, 0) is 0 Å². The fourth-order valence-electron chi connectivity index (χ4n) is 0.892. The lowest BCUT2D eigenvalue weighted by Gasteiger charge is -1.95. The molecule has 0 heterocycles. The largest absolute Gasteiger partial charge is 0.396 e. The highest BCUT2D eigenvalue weighted by Crippen LogP contribution is 2.03. The summed E-state index contributed by atoms with van der Waals surface area (Å²) in [5, 5.41) is 8.42. The van der Waals surface area contributed by atoms with E-state index in [1.165, 1.54) is 32.1 Å². The molecule has 0 saturated heterocycles. The molecule has 0 unspecified atom stereocenters. The van der Waals surface area contributed by atoms with E-state index < -0.39 is 0 Å². The summed E-state index contributed by atoms with van der Waals surface area (Å²) in [6.45, 7) is 2.58. The third-order valence-corrected chi connectivity index (χ3v) is 1.51. The molecule has 0 aliphatic carbocycles. The van der Waals surface area contributed by atoms with E-state index in [-0.39, 0.29) is 17.0 Å². The van der Waals surface area contributed by atoms with Gasteiger partial charge in [0, 0.05) is 6.61 Å². The van der Waals surface area contributed by atoms with Crippen molar-refractivity contribution < 1.29 is 5.11 Å². The van der Waals surface area contributed by atoms with Crippen LogP contribution in [0.3, 0.4) is 0 Å². The standard InChI is InChI=1S/C8H18O.BrH/c1-2-3-4-5-6-7-8-9;/h9H,2-8H2,1H3;1H. The normalized spacial score (nSPS) is 9.00. The lowest BCUT2D eigenvalue weighted by Crippen LogP contribution is -1.82. The summed E-state index contributed by atoms with van der Waals surface area (Å²) in [5.41, 5.74) is 0. The summed E-state index contributed by atoms with van der Waals surface area (Å²) >= 11 is 0. The molecule has 0 amide bonds. The zero-order chi connectivity index (χ0) is 6.95. The first-order valence-corrected chi connectivity index (χ1v) is 4.02. The minimum absolute atomic E-state index is 0. The van der Waals surface area contributed by atoms with Gasteiger partial charge in [0.15, 0.2) is 0 Å². The highest BCUT2D eigenvalue weighted by Gasteiger charge is 1.86. The molecule has 10 heavy (non-hydrogen) atoms. The second-order valence-electron chi connectivity index (χ2n) is 2.49. The Morgan fingerprint density at radius 2 is 1.40 bits per heavy atom. The van der Waals surface area contributed by atoms with E-state index >= 15 is 0 Å². The van der Waals surface area contributed by atoms with Crippen LogP contribution in [0.4, 0.5) is 0 Å². The molecular formula is C8H19BrO. The first-order valence-electron chi connectivity index (χ1n) is 4.02. The summed E-state index contributed by atoms with van der Waals surface area (Å²) in [5.74, 6) is 0. The number of hydrogen-bond acceptors (Lipinski definition) is 1. The van der Waals surface area contributed by atoms with Crippen LogP contribution in [0.15, 0.2) is 0 Å². The smallest absolute Gasteiger partial charge is 0.0431 e. The van der Waals surface area contributed by atoms with Crippen molar-refractivity contribution in [1.82, 2.24) is 0 Å². The van der Waals surface area contributed by atoms with Gasteiger partial charge in [0.2, 0.25) is 0 Å². The summed E-state index contributed by atoms with van der Waals surface area (Å²) < 4.78 is 0. The first-order chi connectivity index (χ1) is 4.41. The van der Waals surface area contributed by atoms with Crippen molar-refractivity contribution in [3.05, 3.63) is 0 Å². The van der Waals surface area contributed by atoms with Crippen molar-refractivity contribution >= 4 is 17.0 Å². The van der Waals surface area contributed by atoms with Gasteiger partial charge in [-0.15, -0.1) is 17.0 Å². The molecule has 0 aliphatic heterocycles. The van der Waals surface area contributed by atoms with E-state index in [0.29, 0.717) is 6.61 Å². The van der Waals surface area contributed by atoms with Crippen LogP contribution in [-0.4, -0.2) is 11.7 Å². The van der Waals surface area contributed by atoms with Gasteiger partial charge in [-0.3, -0.25) is 0 Å². The van der Waals surface area contributed by atoms with Crippen LogP contribution in [0.5, 0.6) is 0 Å². The molecule has 0 aliphatic rings. The van der Waals surface area contributed by atoms with Crippen molar-refractivity contribution in [1.29, 1.82) is 0 Å². The van der Waals surface area contributed by atoms with Crippen molar-refractivity contribution in [3.63, 3.8) is 0 Å².